The second-order valence-electron chi connectivity index (χ2n) is 3.28. The summed E-state index contributed by atoms with van der Waals surface area (Å²) in [5, 5.41) is 0. The Kier molecular flexibility index (Phi) is 6.54. The van der Waals surface area contributed by atoms with Crippen LogP contribution in [-0.4, -0.2) is 11.9 Å². The van der Waals surface area contributed by atoms with Gasteiger partial charge < -0.3 is 4.90 Å². The fraction of sp³-hybridized carbons (Fsp3) is 0.636. The standard InChI is InChI=1S/C11H21N/c1-5-9-12(4)10-7-8-11(3)6-2/h5,7,9-11H,6,8H2,1-4H3. The Labute approximate surface area is 76.8 Å². The van der Waals surface area contributed by atoms with Crippen molar-refractivity contribution < 1.29 is 0 Å². The van der Waals surface area contributed by atoms with E-state index in [0.29, 0.717) is 0 Å². The van der Waals surface area contributed by atoms with Crippen LogP contribution in [0.4, 0.5) is 0 Å². The topological polar surface area (TPSA) is 3.24 Å². The molecule has 0 saturated carbocycles. The average Bonchev–Trinajstić information content (AvgIpc) is 2.04. The van der Waals surface area contributed by atoms with E-state index in [9.17, 15) is 0 Å². The molecule has 1 nitrogen and oxygen atoms in total. The molecule has 0 spiro atoms. The van der Waals surface area contributed by atoms with Crippen molar-refractivity contribution in [1.29, 1.82) is 0 Å². The highest BCUT2D eigenvalue weighted by Gasteiger charge is 1.93. The molecule has 70 valence electrons. The average molecular weight is 167 g/mol. The minimum atomic E-state index is 0.806. The second-order valence-corrected chi connectivity index (χ2v) is 3.28. The van der Waals surface area contributed by atoms with Crippen molar-refractivity contribution in [1.82, 2.24) is 4.90 Å². The lowest BCUT2D eigenvalue weighted by molar-refractivity contribution is 0.560. The molecular formula is C11H21N. The van der Waals surface area contributed by atoms with Crippen LogP contribution in [0.15, 0.2) is 24.6 Å². The lowest BCUT2D eigenvalue weighted by Crippen LogP contribution is -1.99. The minimum absolute atomic E-state index is 0.806. The molecule has 0 aliphatic rings. The molecule has 0 N–H and O–H groups in total. The highest BCUT2D eigenvalue weighted by Crippen LogP contribution is 2.06. The lowest BCUT2D eigenvalue weighted by atomic mass is 10.1. The van der Waals surface area contributed by atoms with Crippen LogP contribution in [0.1, 0.15) is 33.6 Å². The molecule has 1 atom stereocenters. The molecule has 0 radical (unpaired) electrons. The first-order chi connectivity index (χ1) is 5.70. The predicted molar refractivity (Wildman–Crippen MR) is 55.8 cm³/mol. The van der Waals surface area contributed by atoms with Gasteiger partial charge in [-0.05, 0) is 31.7 Å². The largest absolute Gasteiger partial charge is 0.358 e. The van der Waals surface area contributed by atoms with E-state index in [0.717, 1.165) is 5.92 Å². The summed E-state index contributed by atoms with van der Waals surface area (Å²) in [5.41, 5.74) is 0. The van der Waals surface area contributed by atoms with E-state index in [4.69, 9.17) is 0 Å². The Morgan fingerprint density at radius 1 is 1.33 bits per heavy atom. The summed E-state index contributed by atoms with van der Waals surface area (Å²) in [4.78, 5) is 2.07. The van der Waals surface area contributed by atoms with E-state index in [1.165, 1.54) is 12.8 Å². The summed E-state index contributed by atoms with van der Waals surface area (Å²) in [5.74, 6) is 0.806. The van der Waals surface area contributed by atoms with E-state index in [1.54, 1.807) is 0 Å². The van der Waals surface area contributed by atoms with Crippen LogP contribution in [0, 0.1) is 5.92 Å². The maximum atomic E-state index is 2.28. The maximum absolute atomic E-state index is 2.28. The quantitative estimate of drug-likeness (QED) is 0.606. The van der Waals surface area contributed by atoms with Crippen LogP contribution in [0.25, 0.3) is 0 Å². The van der Waals surface area contributed by atoms with Crippen LogP contribution in [0.3, 0.4) is 0 Å². The van der Waals surface area contributed by atoms with Gasteiger partial charge in [0.15, 0.2) is 0 Å². The summed E-state index contributed by atoms with van der Waals surface area (Å²) in [7, 11) is 2.05. The van der Waals surface area contributed by atoms with Gasteiger partial charge in [-0.2, -0.15) is 0 Å². The molecule has 0 saturated heterocycles. The van der Waals surface area contributed by atoms with Gasteiger partial charge in [0, 0.05) is 7.05 Å². The number of hydrogen-bond donors (Lipinski definition) is 0. The van der Waals surface area contributed by atoms with Gasteiger partial charge in [-0.1, -0.05) is 32.4 Å². The first-order valence-electron chi connectivity index (χ1n) is 4.72. The maximum Gasteiger partial charge on any atom is 0.0106 e. The predicted octanol–water partition coefficient (Wildman–Crippen LogP) is 3.40. The third-order valence-electron chi connectivity index (χ3n) is 1.96. The zero-order valence-electron chi connectivity index (χ0n) is 8.75. The van der Waals surface area contributed by atoms with E-state index >= 15 is 0 Å². The van der Waals surface area contributed by atoms with Gasteiger partial charge in [0.25, 0.3) is 0 Å². The van der Waals surface area contributed by atoms with Crippen LogP contribution in [-0.2, 0) is 0 Å². The Hall–Kier alpha value is -0.720. The summed E-state index contributed by atoms with van der Waals surface area (Å²) in [6.45, 7) is 6.53. The van der Waals surface area contributed by atoms with Crippen molar-refractivity contribution in [2.24, 2.45) is 5.92 Å². The zero-order chi connectivity index (χ0) is 9.40. The smallest absolute Gasteiger partial charge is 0.0106 e. The summed E-state index contributed by atoms with van der Waals surface area (Å²) in [6.07, 6.45) is 10.9. The van der Waals surface area contributed by atoms with Gasteiger partial charge in [0.1, 0.15) is 0 Å². The third-order valence-corrected chi connectivity index (χ3v) is 1.96. The Morgan fingerprint density at radius 3 is 2.50 bits per heavy atom. The second kappa shape index (κ2) is 6.96. The van der Waals surface area contributed by atoms with Crippen molar-refractivity contribution >= 4 is 0 Å². The molecule has 0 amide bonds. The van der Waals surface area contributed by atoms with Crippen LogP contribution in [0.2, 0.25) is 0 Å². The first-order valence-corrected chi connectivity index (χ1v) is 4.72. The molecule has 1 heteroatoms. The Bertz CT molecular complexity index is 147. The van der Waals surface area contributed by atoms with Crippen LogP contribution < -0.4 is 0 Å². The zero-order valence-corrected chi connectivity index (χ0v) is 8.75. The molecule has 0 aliphatic heterocycles. The summed E-state index contributed by atoms with van der Waals surface area (Å²) < 4.78 is 0. The van der Waals surface area contributed by atoms with Crippen molar-refractivity contribution in [2.45, 2.75) is 33.6 Å². The van der Waals surface area contributed by atoms with E-state index in [1.807, 2.05) is 26.2 Å². The third kappa shape index (κ3) is 6.02. The van der Waals surface area contributed by atoms with E-state index in [2.05, 4.69) is 31.0 Å². The highest BCUT2D eigenvalue weighted by atomic mass is 15.0. The van der Waals surface area contributed by atoms with Gasteiger partial charge in [-0.15, -0.1) is 0 Å². The van der Waals surface area contributed by atoms with Crippen molar-refractivity contribution in [3.8, 4) is 0 Å². The monoisotopic (exact) mass is 167 g/mol. The normalized spacial score (nSPS) is 14.3. The van der Waals surface area contributed by atoms with Gasteiger partial charge in [-0.3, -0.25) is 0 Å². The first kappa shape index (κ1) is 11.3. The molecule has 0 aromatic heterocycles. The van der Waals surface area contributed by atoms with E-state index in [-0.39, 0.29) is 0 Å². The van der Waals surface area contributed by atoms with Gasteiger partial charge in [0.2, 0.25) is 0 Å². The molecule has 0 rings (SSSR count). The molecular weight excluding hydrogens is 146 g/mol. The lowest BCUT2D eigenvalue weighted by Gasteiger charge is -2.07. The Balaban J connectivity index is 3.60. The molecule has 0 heterocycles. The molecule has 0 bridgehead atoms. The van der Waals surface area contributed by atoms with Gasteiger partial charge in [-0.25, -0.2) is 0 Å². The Morgan fingerprint density at radius 2 is 2.00 bits per heavy atom. The molecule has 0 aromatic rings. The highest BCUT2D eigenvalue weighted by molar-refractivity contribution is 4.88. The van der Waals surface area contributed by atoms with Crippen molar-refractivity contribution in [3.63, 3.8) is 0 Å². The number of allylic oxidation sites excluding steroid dienone is 2. The van der Waals surface area contributed by atoms with Crippen LogP contribution in [0.5, 0.6) is 0 Å². The van der Waals surface area contributed by atoms with E-state index < -0.39 is 0 Å². The number of rotatable bonds is 5. The fourth-order valence-corrected chi connectivity index (χ4v) is 0.911. The van der Waals surface area contributed by atoms with Crippen molar-refractivity contribution in [2.75, 3.05) is 7.05 Å². The molecule has 12 heavy (non-hydrogen) atoms. The van der Waals surface area contributed by atoms with Crippen molar-refractivity contribution in [3.05, 3.63) is 24.6 Å². The molecule has 0 aliphatic carbocycles. The van der Waals surface area contributed by atoms with Gasteiger partial charge in [0.05, 0.1) is 0 Å². The van der Waals surface area contributed by atoms with Gasteiger partial charge >= 0.3 is 0 Å². The molecule has 0 fully saturated rings. The molecule has 0 aromatic carbocycles. The summed E-state index contributed by atoms with van der Waals surface area (Å²) >= 11 is 0. The number of nitrogens with zero attached hydrogens (tertiary/aromatic N) is 1. The summed E-state index contributed by atoms with van der Waals surface area (Å²) in [6, 6.07) is 0. The van der Waals surface area contributed by atoms with Crippen LogP contribution >= 0.6 is 0 Å². The SMILES string of the molecule is CC=CN(C)C=CCC(C)CC. The fourth-order valence-electron chi connectivity index (χ4n) is 0.911. The minimum Gasteiger partial charge on any atom is -0.358 e. The number of hydrogen-bond acceptors (Lipinski definition) is 1. The molecule has 1 unspecified atom stereocenters.